The minimum Gasteiger partial charge on any atom is -0.395 e. The molecule has 5 nitrogen and oxygen atoms in total. The number of aromatic nitrogens is 2. The van der Waals surface area contributed by atoms with Crippen molar-refractivity contribution in [3.8, 4) is 0 Å². The van der Waals surface area contributed by atoms with Crippen molar-refractivity contribution >= 4 is 29.1 Å². The number of rotatable bonds is 6. The highest BCUT2D eigenvalue weighted by Crippen LogP contribution is 2.40. The van der Waals surface area contributed by atoms with Crippen LogP contribution in [0.4, 0.5) is 17.5 Å². The zero-order valence-electron chi connectivity index (χ0n) is 11.5. The standard InChI is InChI=1S/C15H17ClN4O/c16-11-3-5-12(6-4-11)18-14-9-13(10-1-2-10)19-15(20-14)17-7-8-21/h3-6,9-10,21H,1-2,7-8H2,(H2,17,18,19,20). The van der Waals surface area contributed by atoms with Crippen LogP contribution < -0.4 is 10.6 Å². The van der Waals surface area contributed by atoms with Gasteiger partial charge >= 0.3 is 0 Å². The Morgan fingerprint density at radius 3 is 2.62 bits per heavy atom. The largest absolute Gasteiger partial charge is 0.395 e. The van der Waals surface area contributed by atoms with Gasteiger partial charge in [0.1, 0.15) is 5.82 Å². The van der Waals surface area contributed by atoms with Crippen LogP contribution in [0.2, 0.25) is 5.02 Å². The topological polar surface area (TPSA) is 70.1 Å². The van der Waals surface area contributed by atoms with Gasteiger partial charge in [-0.05, 0) is 37.1 Å². The molecule has 1 aromatic heterocycles. The molecule has 1 heterocycles. The lowest BCUT2D eigenvalue weighted by atomic mass is 10.2. The Labute approximate surface area is 128 Å². The van der Waals surface area contributed by atoms with Crippen LogP contribution in [-0.2, 0) is 0 Å². The summed E-state index contributed by atoms with van der Waals surface area (Å²) in [6.07, 6.45) is 2.35. The van der Waals surface area contributed by atoms with Gasteiger partial charge in [-0.1, -0.05) is 11.6 Å². The predicted molar refractivity (Wildman–Crippen MR) is 84.3 cm³/mol. The fourth-order valence-electron chi connectivity index (χ4n) is 2.05. The molecule has 0 saturated heterocycles. The highest BCUT2D eigenvalue weighted by Gasteiger charge is 2.26. The Morgan fingerprint density at radius 2 is 1.95 bits per heavy atom. The Kier molecular flexibility index (Phi) is 4.22. The lowest BCUT2D eigenvalue weighted by Gasteiger charge is -2.10. The monoisotopic (exact) mass is 304 g/mol. The number of nitrogens with one attached hydrogen (secondary N) is 2. The number of aliphatic hydroxyl groups excluding tert-OH is 1. The van der Waals surface area contributed by atoms with E-state index in [1.54, 1.807) is 0 Å². The number of benzene rings is 1. The van der Waals surface area contributed by atoms with Crippen molar-refractivity contribution in [2.24, 2.45) is 0 Å². The van der Waals surface area contributed by atoms with Crippen LogP contribution in [0.5, 0.6) is 0 Å². The van der Waals surface area contributed by atoms with Crippen molar-refractivity contribution in [1.82, 2.24) is 9.97 Å². The summed E-state index contributed by atoms with van der Waals surface area (Å²) in [5.74, 6) is 1.83. The summed E-state index contributed by atoms with van der Waals surface area (Å²) in [4.78, 5) is 8.92. The summed E-state index contributed by atoms with van der Waals surface area (Å²) in [5.41, 5.74) is 1.97. The summed E-state index contributed by atoms with van der Waals surface area (Å²) in [5, 5.41) is 15.9. The molecule has 1 fully saturated rings. The molecule has 0 unspecified atom stereocenters. The minimum absolute atomic E-state index is 0.0525. The van der Waals surface area contributed by atoms with Crippen molar-refractivity contribution in [3.63, 3.8) is 0 Å². The quantitative estimate of drug-likeness (QED) is 0.765. The molecule has 0 bridgehead atoms. The van der Waals surface area contributed by atoms with Crippen molar-refractivity contribution in [2.75, 3.05) is 23.8 Å². The molecule has 21 heavy (non-hydrogen) atoms. The molecular formula is C15H17ClN4O. The van der Waals surface area contributed by atoms with E-state index < -0.39 is 0 Å². The van der Waals surface area contributed by atoms with Gasteiger partial charge in [0, 0.05) is 29.2 Å². The van der Waals surface area contributed by atoms with Crippen molar-refractivity contribution in [1.29, 1.82) is 0 Å². The highest BCUT2D eigenvalue weighted by molar-refractivity contribution is 6.30. The SMILES string of the molecule is OCCNc1nc(Nc2ccc(Cl)cc2)cc(C2CC2)n1. The molecule has 0 aliphatic heterocycles. The first-order valence-corrected chi connectivity index (χ1v) is 7.39. The van der Waals surface area contributed by atoms with Gasteiger partial charge in [-0.25, -0.2) is 4.98 Å². The van der Waals surface area contributed by atoms with Crippen molar-refractivity contribution in [2.45, 2.75) is 18.8 Å². The summed E-state index contributed by atoms with van der Waals surface area (Å²) < 4.78 is 0. The van der Waals surface area contributed by atoms with Crippen LogP contribution in [0.3, 0.4) is 0 Å². The molecule has 0 spiro atoms. The van der Waals surface area contributed by atoms with Gasteiger partial charge in [-0.15, -0.1) is 0 Å². The van der Waals surface area contributed by atoms with Crippen molar-refractivity contribution in [3.05, 3.63) is 41.0 Å². The molecule has 6 heteroatoms. The van der Waals surface area contributed by atoms with E-state index in [9.17, 15) is 0 Å². The van der Waals surface area contributed by atoms with Crippen LogP contribution in [0.15, 0.2) is 30.3 Å². The maximum atomic E-state index is 8.90. The van der Waals surface area contributed by atoms with Gasteiger partial charge in [-0.2, -0.15) is 4.98 Å². The maximum Gasteiger partial charge on any atom is 0.224 e. The van der Waals surface area contributed by atoms with E-state index in [1.165, 1.54) is 12.8 Å². The average Bonchev–Trinajstić information content (AvgIpc) is 3.32. The highest BCUT2D eigenvalue weighted by atomic mass is 35.5. The second kappa shape index (κ2) is 6.28. The molecule has 0 atom stereocenters. The Bertz CT molecular complexity index is 614. The van der Waals surface area contributed by atoms with Gasteiger partial charge in [0.25, 0.3) is 0 Å². The molecule has 0 radical (unpaired) electrons. The third kappa shape index (κ3) is 3.83. The summed E-state index contributed by atoms with van der Waals surface area (Å²) in [6, 6.07) is 9.45. The Hall–Kier alpha value is -1.85. The Balaban J connectivity index is 1.82. The molecule has 2 aromatic rings. The fraction of sp³-hybridized carbons (Fsp3) is 0.333. The number of hydrogen-bond donors (Lipinski definition) is 3. The predicted octanol–water partition coefficient (Wildman–Crippen LogP) is 3.16. The zero-order valence-corrected chi connectivity index (χ0v) is 12.3. The second-order valence-corrected chi connectivity index (χ2v) is 5.49. The number of aliphatic hydroxyl groups is 1. The first-order chi connectivity index (χ1) is 10.2. The molecule has 3 rings (SSSR count). The molecule has 1 saturated carbocycles. The van der Waals surface area contributed by atoms with E-state index in [1.807, 2.05) is 30.3 Å². The van der Waals surface area contributed by atoms with Crippen LogP contribution in [0, 0.1) is 0 Å². The summed E-state index contributed by atoms with van der Waals surface area (Å²) in [7, 11) is 0. The van der Waals surface area contributed by atoms with E-state index in [0.717, 1.165) is 17.2 Å². The minimum atomic E-state index is 0.0525. The first kappa shape index (κ1) is 14.1. The molecule has 1 aromatic carbocycles. The average molecular weight is 305 g/mol. The van der Waals surface area contributed by atoms with Crippen LogP contribution in [0.1, 0.15) is 24.5 Å². The van der Waals surface area contributed by atoms with Gasteiger partial charge in [0.15, 0.2) is 0 Å². The van der Waals surface area contributed by atoms with Crippen LogP contribution in [0.25, 0.3) is 0 Å². The molecule has 3 N–H and O–H groups in total. The van der Waals surface area contributed by atoms with Gasteiger partial charge in [-0.3, -0.25) is 0 Å². The van der Waals surface area contributed by atoms with E-state index in [-0.39, 0.29) is 6.61 Å². The second-order valence-electron chi connectivity index (χ2n) is 5.06. The normalized spacial score (nSPS) is 14.0. The fourth-order valence-corrected chi connectivity index (χ4v) is 2.17. The molecule has 1 aliphatic carbocycles. The number of hydrogen-bond acceptors (Lipinski definition) is 5. The zero-order chi connectivity index (χ0) is 14.7. The van der Waals surface area contributed by atoms with Gasteiger partial charge in [0.05, 0.1) is 12.3 Å². The number of nitrogens with zero attached hydrogens (tertiary/aromatic N) is 2. The lowest BCUT2D eigenvalue weighted by Crippen LogP contribution is -2.10. The van der Waals surface area contributed by atoms with Crippen LogP contribution in [-0.4, -0.2) is 28.2 Å². The Morgan fingerprint density at radius 1 is 1.19 bits per heavy atom. The molecule has 1 aliphatic rings. The lowest BCUT2D eigenvalue weighted by molar-refractivity contribution is 0.311. The third-order valence-electron chi connectivity index (χ3n) is 3.25. The van der Waals surface area contributed by atoms with Crippen molar-refractivity contribution < 1.29 is 5.11 Å². The number of halogens is 1. The first-order valence-electron chi connectivity index (χ1n) is 7.01. The molecule has 0 amide bonds. The smallest absolute Gasteiger partial charge is 0.224 e. The summed E-state index contributed by atoms with van der Waals surface area (Å²) in [6.45, 7) is 0.492. The van der Waals surface area contributed by atoms with Crippen LogP contribution >= 0.6 is 11.6 Å². The van der Waals surface area contributed by atoms with E-state index >= 15 is 0 Å². The van der Waals surface area contributed by atoms with E-state index in [0.29, 0.717) is 23.4 Å². The van der Waals surface area contributed by atoms with Gasteiger partial charge < -0.3 is 15.7 Å². The maximum absolute atomic E-state index is 8.90. The van der Waals surface area contributed by atoms with Gasteiger partial charge in [0.2, 0.25) is 5.95 Å². The number of anilines is 3. The van der Waals surface area contributed by atoms with E-state index in [4.69, 9.17) is 16.7 Å². The molecular weight excluding hydrogens is 288 g/mol. The molecule has 110 valence electrons. The van der Waals surface area contributed by atoms with E-state index in [2.05, 4.69) is 20.6 Å². The third-order valence-corrected chi connectivity index (χ3v) is 3.51. The summed E-state index contributed by atoms with van der Waals surface area (Å²) >= 11 is 5.89.